The molecule has 4 aromatic carbocycles. The van der Waals surface area contributed by atoms with Gasteiger partial charge in [0, 0.05) is 84.0 Å². The first-order chi connectivity index (χ1) is 31.6. The van der Waals surface area contributed by atoms with Crippen LogP contribution < -0.4 is 5.32 Å². The first-order valence-electron chi connectivity index (χ1n) is 19.9. The van der Waals surface area contributed by atoms with Crippen LogP contribution >= 0.6 is 58.0 Å². The quantitative estimate of drug-likeness (QED) is 0.0706. The molecule has 12 nitrogen and oxygen atoms in total. The number of carbonyl (C=O) groups is 4. The predicted octanol–water partition coefficient (Wildman–Crippen LogP) is 10.4. The van der Waals surface area contributed by atoms with Gasteiger partial charge in [0.1, 0.15) is 0 Å². The maximum atomic E-state index is 13.1. The van der Waals surface area contributed by atoms with Gasteiger partial charge in [-0.25, -0.2) is 19.2 Å². The fraction of sp³-hybridized carbons (Fsp3) is 0.364. The van der Waals surface area contributed by atoms with Crippen LogP contribution in [-0.4, -0.2) is 129 Å². The molecular formula is C44H43Cl5F6N4O8. The Bertz CT molecular complexity index is 2120. The van der Waals surface area contributed by atoms with Crippen molar-refractivity contribution in [3.63, 3.8) is 0 Å². The van der Waals surface area contributed by atoms with Crippen LogP contribution in [0.4, 0.5) is 35.9 Å². The van der Waals surface area contributed by atoms with Crippen molar-refractivity contribution in [1.29, 1.82) is 0 Å². The lowest BCUT2D eigenvalue weighted by Gasteiger charge is -2.39. The summed E-state index contributed by atoms with van der Waals surface area (Å²) in [6, 6.07) is 31.0. The van der Waals surface area contributed by atoms with E-state index < -0.39 is 48.0 Å². The highest BCUT2D eigenvalue weighted by Crippen LogP contribution is 2.33. The summed E-state index contributed by atoms with van der Waals surface area (Å²) < 4.78 is 90.6. The van der Waals surface area contributed by atoms with Gasteiger partial charge in [-0.1, -0.05) is 94.9 Å². The van der Waals surface area contributed by atoms with Crippen LogP contribution in [-0.2, 0) is 28.5 Å². The highest BCUT2D eigenvalue weighted by molar-refractivity contribution is 6.61. The van der Waals surface area contributed by atoms with E-state index in [-0.39, 0.29) is 25.2 Å². The van der Waals surface area contributed by atoms with Gasteiger partial charge < -0.3 is 29.2 Å². The highest BCUT2D eigenvalue weighted by Gasteiger charge is 2.50. The molecule has 6 rings (SSSR count). The summed E-state index contributed by atoms with van der Waals surface area (Å²) >= 11 is 28.6. The molecule has 2 atom stereocenters. The van der Waals surface area contributed by atoms with Gasteiger partial charge in [0.15, 0.2) is 0 Å². The van der Waals surface area contributed by atoms with Crippen LogP contribution in [0.25, 0.3) is 0 Å². The molecule has 0 bridgehead atoms. The van der Waals surface area contributed by atoms with Crippen LogP contribution in [0.2, 0.25) is 20.1 Å². The van der Waals surface area contributed by atoms with E-state index in [1.54, 1.807) is 24.3 Å². The summed E-state index contributed by atoms with van der Waals surface area (Å²) in [6.07, 6.45) is -17.3. The Morgan fingerprint density at radius 1 is 0.507 bits per heavy atom. The molecule has 67 heavy (non-hydrogen) atoms. The molecule has 1 amide bonds. The Balaban J connectivity index is 0.000000245. The first kappa shape index (κ1) is 55.1. The maximum absolute atomic E-state index is 13.1. The fourth-order valence-electron chi connectivity index (χ4n) is 6.89. The molecule has 2 unspecified atom stereocenters. The second kappa shape index (κ2) is 25.7. The molecule has 0 spiro atoms. The molecule has 0 aliphatic carbocycles. The number of amides is 1. The third kappa shape index (κ3) is 16.9. The molecule has 2 saturated heterocycles. The molecule has 364 valence electrons. The van der Waals surface area contributed by atoms with Crippen molar-refractivity contribution < 1.29 is 64.5 Å². The lowest BCUT2D eigenvalue weighted by Crippen LogP contribution is -2.52. The number of halogens is 11. The van der Waals surface area contributed by atoms with Crippen molar-refractivity contribution in [3.05, 3.63) is 139 Å². The zero-order valence-electron chi connectivity index (χ0n) is 35.5. The number of methoxy groups -OCH3 is 2. The van der Waals surface area contributed by atoms with Crippen LogP contribution in [0, 0.1) is 0 Å². The number of rotatable bonds is 10. The second-order valence-corrected chi connectivity index (χ2v) is 16.5. The van der Waals surface area contributed by atoms with Crippen molar-refractivity contribution in [2.75, 3.05) is 66.6 Å². The van der Waals surface area contributed by atoms with Gasteiger partial charge in [-0.2, -0.15) is 26.3 Å². The topological polar surface area (TPSA) is 127 Å². The highest BCUT2D eigenvalue weighted by atomic mass is 35.5. The molecule has 4 aromatic rings. The normalized spacial score (nSPS) is 15.5. The van der Waals surface area contributed by atoms with Crippen molar-refractivity contribution in [3.8, 4) is 0 Å². The summed E-state index contributed by atoms with van der Waals surface area (Å²) in [4.78, 5) is 49.8. The average molecular weight is 1050 g/mol. The summed E-state index contributed by atoms with van der Waals surface area (Å²) in [7, 11) is 1.52. The zero-order valence-corrected chi connectivity index (χ0v) is 39.2. The van der Waals surface area contributed by atoms with Crippen molar-refractivity contribution >= 4 is 81.5 Å². The van der Waals surface area contributed by atoms with Gasteiger partial charge in [0.2, 0.25) is 0 Å². The predicted molar refractivity (Wildman–Crippen MR) is 240 cm³/mol. The van der Waals surface area contributed by atoms with Crippen molar-refractivity contribution in [1.82, 2.24) is 20.0 Å². The van der Waals surface area contributed by atoms with E-state index >= 15 is 0 Å². The summed E-state index contributed by atoms with van der Waals surface area (Å²) in [5.74, 6) is -3.42. The number of nitrogens with one attached hydrogen (secondary N) is 1. The Morgan fingerprint density at radius 3 is 1.09 bits per heavy atom. The van der Waals surface area contributed by atoms with Crippen LogP contribution in [0.15, 0.2) is 97.1 Å². The minimum absolute atomic E-state index is 0.113. The van der Waals surface area contributed by atoms with E-state index in [9.17, 15) is 45.5 Å². The van der Waals surface area contributed by atoms with Gasteiger partial charge in [-0.05, 0) is 70.8 Å². The third-order valence-electron chi connectivity index (χ3n) is 10.1. The van der Waals surface area contributed by atoms with E-state index in [2.05, 4.69) is 69.9 Å². The SMILES string of the molecule is COC(=O)C(OC(=O)Cl)C(F)(F)F.COC(=O)C(OC(=O)N1CCN(C(c2ccc(Cl)cc2)c2ccc(Cl)cc2)CC1)C(F)(F)F.Clc1ccc(C(c2ccc(Cl)cc2)N2CCNCC2)cc1. The molecule has 0 saturated carbocycles. The molecule has 0 aromatic heterocycles. The number of esters is 2. The van der Waals surface area contributed by atoms with Crippen molar-refractivity contribution in [2.45, 2.75) is 36.6 Å². The molecule has 2 aliphatic rings. The van der Waals surface area contributed by atoms with Gasteiger partial charge in [-0.15, -0.1) is 0 Å². The number of alkyl halides is 6. The van der Waals surface area contributed by atoms with E-state index in [0.717, 1.165) is 66.5 Å². The monoisotopic (exact) mass is 1040 g/mol. The van der Waals surface area contributed by atoms with Gasteiger partial charge in [0.25, 0.3) is 12.2 Å². The van der Waals surface area contributed by atoms with Gasteiger partial charge in [0.05, 0.1) is 26.3 Å². The lowest BCUT2D eigenvalue weighted by molar-refractivity contribution is -0.218. The van der Waals surface area contributed by atoms with Gasteiger partial charge in [-0.3, -0.25) is 9.80 Å². The Morgan fingerprint density at radius 2 is 0.806 bits per heavy atom. The number of ether oxygens (including phenoxy) is 4. The summed E-state index contributed by atoms with van der Waals surface area (Å²) in [5, 5.41) is 6.13. The minimum Gasteiger partial charge on any atom is -0.466 e. The van der Waals surface area contributed by atoms with E-state index in [1.807, 2.05) is 48.5 Å². The molecule has 2 aliphatic heterocycles. The maximum Gasteiger partial charge on any atom is 0.436 e. The largest absolute Gasteiger partial charge is 0.466 e. The van der Waals surface area contributed by atoms with Gasteiger partial charge >= 0.3 is 35.8 Å². The Kier molecular flexibility index (Phi) is 21.1. The molecular weight excluding hydrogens is 1000 g/mol. The average Bonchev–Trinajstić information content (AvgIpc) is 3.30. The standard InChI is InChI=1S/C22H21Cl2F3N2O4.C17H18Cl2N2.C5H4ClF3O4/c1-32-20(30)19(22(25,26)27)33-21(31)29-12-10-28(11-13-29)18(14-2-6-16(23)7-3-14)15-4-8-17(24)9-5-15;18-15-5-1-13(2-6-15)17(21-11-9-20-10-12-21)14-3-7-16(19)8-4-14;1-12-3(10)2(5(7,8)9)13-4(6)11/h2-9,18-19H,10-13H2,1H3;1-8,17,20H,9-12H2;2H,1H3. The smallest absolute Gasteiger partial charge is 0.436 e. The number of nitrogens with zero attached hydrogens (tertiary/aromatic N) is 3. The number of hydrogen-bond acceptors (Lipinski definition) is 11. The van der Waals surface area contributed by atoms with Crippen LogP contribution in [0.1, 0.15) is 34.3 Å². The third-order valence-corrected chi connectivity index (χ3v) is 11.1. The van der Waals surface area contributed by atoms with Crippen molar-refractivity contribution in [2.24, 2.45) is 0 Å². The molecule has 2 fully saturated rings. The first-order valence-corrected chi connectivity index (χ1v) is 21.8. The van der Waals surface area contributed by atoms with Crippen LogP contribution in [0.3, 0.4) is 0 Å². The number of hydrogen-bond donors (Lipinski definition) is 1. The molecule has 1 N–H and O–H groups in total. The Hall–Kier alpha value is -4.53. The van der Waals surface area contributed by atoms with Crippen LogP contribution in [0.5, 0.6) is 0 Å². The number of piperazine rings is 2. The Labute approximate surface area is 406 Å². The second-order valence-electron chi connectivity index (χ2n) is 14.4. The molecule has 2 heterocycles. The zero-order chi connectivity index (χ0) is 49.5. The fourth-order valence-corrected chi connectivity index (χ4v) is 7.48. The number of carbonyl (C=O) groups excluding carboxylic acids is 4. The minimum atomic E-state index is -5.07. The van der Waals surface area contributed by atoms with E-state index in [4.69, 9.17) is 46.4 Å². The lowest BCUT2D eigenvalue weighted by atomic mass is 9.96. The molecule has 23 heteroatoms. The number of benzene rings is 4. The van der Waals surface area contributed by atoms with E-state index in [0.29, 0.717) is 23.1 Å². The van der Waals surface area contributed by atoms with E-state index in [1.165, 1.54) is 11.1 Å². The molecule has 0 radical (unpaired) electrons. The summed E-state index contributed by atoms with van der Waals surface area (Å²) in [6.45, 7) is 5.07. The summed E-state index contributed by atoms with van der Waals surface area (Å²) in [5.41, 5.74) is 2.72.